The number of rotatable bonds is 5. The van der Waals surface area contributed by atoms with Crippen molar-refractivity contribution in [1.29, 1.82) is 0 Å². The Hall–Kier alpha value is -2.41. The predicted octanol–water partition coefficient (Wildman–Crippen LogP) is 5.38. The lowest BCUT2D eigenvalue weighted by atomic mass is 9.67. The van der Waals surface area contributed by atoms with Crippen LogP contribution in [0.4, 0.5) is 4.39 Å². The molecule has 0 saturated heterocycles. The van der Waals surface area contributed by atoms with Gasteiger partial charge in [-0.1, -0.05) is 91.0 Å². The molecule has 0 aliphatic carbocycles. The number of hydrogen-bond donors (Lipinski definition) is 0. The molecule has 0 nitrogen and oxygen atoms in total. The van der Waals surface area contributed by atoms with Gasteiger partial charge in [0.05, 0.1) is 6.67 Å². The highest BCUT2D eigenvalue weighted by Crippen LogP contribution is 2.42. The first-order valence-electron chi connectivity index (χ1n) is 7.60. The molecule has 0 aliphatic rings. The van der Waals surface area contributed by atoms with E-state index in [1.807, 2.05) is 54.6 Å². The van der Waals surface area contributed by atoms with Crippen molar-refractivity contribution in [1.82, 2.24) is 0 Å². The maximum Gasteiger partial charge on any atom is 0.0909 e. The Kier molecular flexibility index (Phi) is 4.34. The molecule has 0 aliphatic heterocycles. The van der Waals surface area contributed by atoms with E-state index in [9.17, 15) is 4.39 Å². The van der Waals surface area contributed by atoms with Crippen LogP contribution in [0.5, 0.6) is 0 Å². The van der Waals surface area contributed by atoms with Crippen LogP contribution in [0, 0.1) is 0 Å². The quantitative estimate of drug-likeness (QED) is 0.553. The Morgan fingerprint density at radius 2 is 0.864 bits per heavy atom. The van der Waals surface area contributed by atoms with Crippen LogP contribution in [0.25, 0.3) is 0 Å². The Morgan fingerprint density at radius 1 is 0.545 bits per heavy atom. The van der Waals surface area contributed by atoms with Crippen LogP contribution < -0.4 is 0 Å². The van der Waals surface area contributed by atoms with E-state index >= 15 is 0 Å². The summed E-state index contributed by atoms with van der Waals surface area (Å²) in [6.45, 7) is -0.362. The number of benzene rings is 3. The lowest BCUT2D eigenvalue weighted by Gasteiger charge is -2.35. The molecule has 22 heavy (non-hydrogen) atoms. The van der Waals surface area contributed by atoms with E-state index in [2.05, 4.69) is 36.4 Å². The zero-order valence-corrected chi connectivity index (χ0v) is 12.5. The molecule has 0 spiro atoms. The summed E-state index contributed by atoms with van der Waals surface area (Å²) < 4.78 is 13.5. The van der Waals surface area contributed by atoms with Crippen LogP contribution in [0.2, 0.25) is 0 Å². The molecule has 0 unspecified atom stereocenters. The van der Waals surface area contributed by atoms with Crippen LogP contribution in [0.3, 0.4) is 0 Å². The number of hydrogen-bond acceptors (Lipinski definition) is 0. The van der Waals surface area contributed by atoms with E-state index in [0.717, 1.165) is 16.7 Å². The normalized spacial score (nSPS) is 11.3. The fourth-order valence-electron chi connectivity index (χ4n) is 3.24. The Labute approximate surface area is 131 Å². The van der Waals surface area contributed by atoms with Crippen LogP contribution in [0.1, 0.15) is 23.1 Å². The fourth-order valence-corrected chi connectivity index (χ4v) is 3.24. The minimum absolute atomic E-state index is 0.362. The molecule has 3 aromatic rings. The van der Waals surface area contributed by atoms with Crippen LogP contribution in [0.15, 0.2) is 91.0 Å². The summed E-state index contributed by atoms with van der Waals surface area (Å²) in [6, 6.07) is 30.7. The molecule has 3 rings (SSSR count). The standard InChI is InChI=1S/C21H19F/c22-17-16-21(18-10-4-1-5-11-18,19-12-6-2-7-13-19)20-14-8-3-9-15-20/h1-15H,16-17H2. The second-order valence-electron chi connectivity index (χ2n) is 5.44. The van der Waals surface area contributed by atoms with Crippen molar-refractivity contribution in [2.45, 2.75) is 11.8 Å². The summed E-state index contributed by atoms with van der Waals surface area (Å²) in [4.78, 5) is 0. The molecule has 0 atom stereocenters. The highest BCUT2D eigenvalue weighted by Gasteiger charge is 2.35. The van der Waals surface area contributed by atoms with E-state index in [0.29, 0.717) is 6.42 Å². The van der Waals surface area contributed by atoms with E-state index in [1.54, 1.807) is 0 Å². The molecule has 0 fully saturated rings. The monoisotopic (exact) mass is 290 g/mol. The molecule has 1 heteroatoms. The minimum Gasteiger partial charge on any atom is -0.251 e. The van der Waals surface area contributed by atoms with Gasteiger partial charge in [-0.05, 0) is 23.1 Å². The van der Waals surface area contributed by atoms with Crippen molar-refractivity contribution in [2.75, 3.05) is 6.67 Å². The molecular weight excluding hydrogens is 271 g/mol. The van der Waals surface area contributed by atoms with E-state index in [1.165, 1.54) is 0 Å². The smallest absolute Gasteiger partial charge is 0.0909 e. The van der Waals surface area contributed by atoms with Gasteiger partial charge in [-0.2, -0.15) is 0 Å². The van der Waals surface area contributed by atoms with Crippen molar-refractivity contribution >= 4 is 0 Å². The van der Waals surface area contributed by atoms with Gasteiger partial charge in [0, 0.05) is 5.41 Å². The second-order valence-corrected chi connectivity index (χ2v) is 5.44. The molecular formula is C21H19F. The molecule has 0 N–H and O–H groups in total. The van der Waals surface area contributed by atoms with Crippen molar-refractivity contribution in [3.8, 4) is 0 Å². The maximum atomic E-state index is 13.5. The minimum atomic E-state index is -0.446. The first-order chi connectivity index (χ1) is 10.9. The lowest BCUT2D eigenvalue weighted by molar-refractivity contribution is 0.412. The van der Waals surface area contributed by atoms with Gasteiger partial charge in [-0.25, -0.2) is 0 Å². The van der Waals surface area contributed by atoms with Gasteiger partial charge >= 0.3 is 0 Å². The van der Waals surface area contributed by atoms with Crippen molar-refractivity contribution in [3.05, 3.63) is 108 Å². The molecule has 0 saturated carbocycles. The Bertz CT molecular complexity index is 593. The summed E-state index contributed by atoms with van der Waals surface area (Å²) in [6.07, 6.45) is 0.436. The number of alkyl halides is 1. The van der Waals surface area contributed by atoms with Crippen LogP contribution in [-0.2, 0) is 5.41 Å². The van der Waals surface area contributed by atoms with Crippen molar-refractivity contribution in [2.24, 2.45) is 0 Å². The highest BCUT2D eigenvalue weighted by molar-refractivity contribution is 5.50. The molecule has 3 aromatic carbocycles. The predicted molar refractivity (Wildman–Crippen MR) is 89.8 cm³/mol. The first kappa shape index (κ1) is 14.5. The van der Waals surface area contributed by atoms with Gasteiger partial charge < -0.3 is 0 Å². The summed E-state index contributed by atoms with van der Waals surface area (Å²) in [5.74, 6) is 0. The van der Waals surface area contributed by atoms with Crippen molar-refractivity contribution < 1.29 is 4.39 Å². The first-order valence-corrected chi connectivity index (χ1v) is 7.60. The van der Waals surface area contributed by atoms with Crippen molar-refractivity contribution in [3.63, 3.8) is 0 Å². The Morgan fingerprint density at radius 3 is 1.14 bits per heavy atom. The third kappa shape index (κ3) is 2.55. The van der Waals surface area contributed by atoms with Gasteiger partial charge in [0.15, 0.2) is 0 Å². The molecule has 0 aromatic heterocycles. The largest absolute Gasteiger partial charge is 0.251 e. The fraction of sp³-hybridized carbons (Fsp3) is 0.143. The topological polar surface area (TPSA) is 0 Å². The third-order valence-corrected chi connectivity index (χ3v) is 4.27. The number of halogens is 1. The molecule has 0 amide bonds. The van der Waals surface area contributed by atoms with E-state index in [-0.39, 0.29) is 6.67 Å². The second kappa shape index (κ2) is 6.57. The molecule has 0 bridgehead atoms. The summed E-state index contributed by atoms with van der Waals surface area (Å²) in [7, 11) is 0. The maximum absolute atomic E-state index is 13.5. The summed E-state index contributed by atoms with van der Waals surface area (Å²) in [5, 5.41) is 0. The average Bonchev–Trinajstić information content (AvgIpc) is 2.62. The van der Waals surface area contributed by atoms with E-state index in [4.69, 9.17) is 0 Å². The van der Waals surface area contributed by atoms with E-state index < -0.39 is 5.41 Å². The zero-order valence-electron chi connectivity index (χ0n) is 12.5. The molecule has 110 valence electrons. The Balaban J connectivity index is 2.29. The summed E-state index contributed by atoms with van der Waals surface area (Å²) >= 11 is 0. The highest BCUT2D eigenvalue weighted by atomic mass is 19.1. The lowest BCUT2D eigenvalue weighted by Crippen LogP contribution is -2.30. The van der Waals surface area contributed by atoms with Gasteiger partial charge in [-0.15, -0.1) is 0 Å². The van der Waals surface area contributed by atoms with Gasteiger partial charge in [-0.3, -0.25) is 4.39 Å². The molecule has 0 heterocycles. The van der Waals surface area contributed by atoms with Gasteiger partial charge in [0.1, 0.15) is 0 Å². The summed E-state index contributed by atoms with van der Waals surface area (Å²) in [5.41, 5.74) is 2.94. The SMILES string of the molecule is FCCC(c1ccccc1)(c1ccccc1)c1ccccc1. The molecule has 0 radical (unpaired) electrons. The van der Waals surface area contributed by atoms with Crippen LogP contribution in [-0.4, -0.2) is 6.67 Å². The average molecular weight is 290 g/mol. The zero-order chi connectivity index (χ0) is 15.3. The van der Waals surface area contributed by atoms with Crippen LogP contribution >= 0.6 is 0 Å². The third-order valence-electron chi connectivity index (χ3n) is 4.27. The van der Waals surface area contributed by atoms with Gasteiger partial charge in [0.25, 0.3) is 0 Å². The van der Waals surface area contributed by atoms with Gasteiger partial charge in [0.2, 0.25) is 0 Å².